The number of aromatic nitrogens is 4. The van der Waals surface area contributed by atoms with Crippen LogP contribution in [-0.4, -0.2) is 46.3 Å². The molecule has 0 N–H and O–H groups in total. The second kappa shape index (κ2) is 8.16. The Labute approximate surface area is 159 Å². The Kier molecular flexibility index (Phi) is 5.88. The highest BCUT2D eigenvalue weighted by Gasteiger charge is 2.31. The van der Waals surface area contributed by atoms with E-state index in [2.05, 4.69) is 15.5 Å². The van der Waals surface area contributed by atoms with Crippen LogP contribution in [0.25, 0.3) is 0 Å². The molecule has 0 aliphatic carbocycles. The third-order valence-corrected chi connectivity index (χ3v) is 6.20. The SMILES string of the molecule is CCCCn1nnnc1CS(=O)(=O)CC(=O)N1c2ccccc2CCC1C. The molecule has 146 valence electrons. The van der Waals surface area contributed by atoms with Crippen LogP contribution < -0.4 is 4.90 Å². The molecule has 0 saturated heterocycles. The molecule has 27 heavy (non-hydrogen) atoms. The zero-order valence-electron chi connectivity index (χ0n) is 15.7. The number of carbonyl (C=O) groups is 1. The van der Waals surface area contributed by atoms with E-state index < -0.39 is 21.5 Å². The van der Waals surface area contributed by atoms with E-state index in [1.54, 1.807) is 4.90 Å². The van der Waals surface area contributed by atoms with Crippen LogP contribution in [0.2, 0.25) is 0 Å². The number of hydrogen-bond donors (Lipinski definition) is 0. The highest BCUT2D eigenvalue weighted by atomic mass is 32.2. The zero-order chi connectivity index (χ0) is 19.4. The third-order valence-electron chi connectivity index (χ3n) is 4.81. The van der Waals surface area contributed by atoms with E-state index in [0.717, 1.165) is 36.9 Å². The van der Waals surface area contributed by atoms with Gasteiger partial charge >= 0.3 is 0 Å². The molecule has 1 aliphatic rings. The maximum atomic E-state index is 12.9. The fourth-order valence-electron chi connectivity index (χ4n) is 3.38. The maximum absolute atomic E-state index is 12.9. The minimum absolute atomic E-state index is 0.0301. The lowest BCUT2D eigenvalue weighted by molar-refractivity contribution is -0.116. The summed E-state index contributed by atoms with van der Waals surface area (Å²) in [6, 6.07) is 7.63. The molecular weight excluding hydrogens is 366 g/mol. The summed E-state index contributed by atoms with van der Waals surface area (Å²) in [6.07, 6.45) is 3.52. The van der Waals surface area contributed by atoms with Gasteiger partial charge in [0.15, 0.2) is 15.7 Å². The molecule has 2 aromatic rings. The Balaban J connectivity index is 1.74. The number of nitrogens with zero attached hydrogens (tertiary/aromatic N) is 5. The molecule has 2 heterocycles. The number of amides is 1. The Morgan fingerprint density at radius 3 is 2.85 bits per heavy atom. The van der Waals surface area contributed by atoms with Gasteiger partial charge in [0, 0.05) is 18.3 Å². The third kappa shape index (κ3) is 4.52. The first-order valence-electron chi connectivity index (χ1n) is 9.26. The highest BCUT2D eigenvalue weighted by Crippen LogP contribution is 2.30. The van der Waals surface area contributed by atoms with E-state index in [0.29, 0.717) is 6.54 Å². The van der Waals surface area contributed by atoms with Gasteiger partial charge in [-0.2, -0.15) is 0 Å². The van der Waals surface area contributed by atoms with Crippen molar-refractivity contribution in [1.82, 2.24) is 20.2 Å². The molecule has 9 heteroatoms. The van der Waals surface area contributed by atoms with Gasteiger partial charge in [-0.05, 0) is 48.2 Å². The van der Waals surface area contributed by atoms with Gasteiger partial charge in [-0.15, -0.1) is 5.10 Å². The normalized spacial score (nSPS) is 17.0. The van der Waals surface area contributed by atoms with Crippen LogP contribution in [0.15, 0.2) is 24.3 Å². The van der Waals surface area contributed by atoms with Gasteiger partial charge < -0.3 is 4.90 Å². The summed E-state index contributed by atoms with van der Waals surface area (Å²) in [5.74, 6) is -1.00. The van der Waals surface area contributed by atoms with Gasteiger partial charge in [0.1, 0.15) is 11.5 Å². The number of unbranched alkanes of at least 4 members (excludes halogenated alkanes) is 1. The number of tetrazole rings is 1. The first kappa shape index (κ1) is 19.5. The number of fused-ring (bicyclic) bond motifs is 1. The van der Waals surface area contributed by atoms with Crippen LogP contribution in [0.1, 0.15) is 44.5 Å². The fraction of sp³-hybridized carbons (Fsp3) is 0.556. The number of sulfone groups is 1. The van der Waals surface area contributed by atoms with Crippen molar-refractivity contribution < 1.29 is 13.2 Å². The van der Waals surface area contributed by atoms with Crippen molar-refractivity contribution in [1.29, 1.82) is 0 Å². The zero-order valence-corrected chi connectivity index (χ0v) is 16.5. The Hall–Kier alpha value is -2.29. The lowest BCUT2D eigenvalue weighted by Crippen LogP contribution is -2.45. The molecular formula is C18H25N5O3S. The molecule has 3 rings (SSSR count). The van der Waals surface area contributed by atoms with Crippen LogP contribution in [0.5, 0.6) is 0 Å². The number of carbonyl (C=O) groups excluding carboxylic acids is 1. The molecule has 0 fully saturated rings. The molecule has 0 saturated carbocycles. The van der Waals surface area contributed by atoms with Crippen molar-refractivity contribution in [3.05, 3.63) is 35.7 Å². The molecule has 0 bridgehead atoms. The molecule has 1 atom stereocenters. The minimum Gasteiger partial charge on any atom is -0.308 e. The number of benzene rings is 1. The summed E-state index contributed by atoms with van der Waals surface area (Å²) in [4.78, 5) is 14.5. The molecule has 1 aromatic carbocycles. The lowest BCUT2D eigenvalue weighted by atomic mass is 9.97. The summed E-state index contributed by atoms with van der Waals surface area (Å²) in [7, 11) is -3.68. The van der Waals surface area contributed by atoms with Crippen LogP contribution >= 0.6 is 0 Å². The molecule has 1 aliphatic heterocycles. The summed E-state index contributed by atoms with van der Waals surface area (Å²) in [5.41, 5.74) is 1.88. The maximum Gasteiger partial charge on any atom is 0.242 e. The average Bonchev–Trinajstić information content (AvgIpc) is 3.05. The smallest absolute Gasteiger partial charge is 0.242 e. The topological polar surface area (TPSA) is 98.0 Å². The Morgan fingerprint density at radius 2 is 2.07 bits per heavy atom. The van der Waals surface area contributed by atoms with Crippen molar-refractivity contribution >= 4 is 21.4 Å². The molecule has 1 unspecified atom stereocenters. The first-order valence-corrected chi connectivity index (χ1v) is 11.1. The Morgan fingerprint density at radius 1 is 1.30 bits per heavy atom. The monoisotopic (exact) mass is 391 g/mol. The van der Waals surface area contributed by atoms with Crippen molar-refractivity contribution in [3.8, 4) is 0 Å². The van der Waals surface area contributed by atoms with E-state index in [-0.39, 0.29) is 17.6 Å². The quantitative estimate of drug-likeness (QED) is 0.713. The van der Waals surface area contributed by atoms with Crippen LogP contribution in [-0.2, 0) is 33.4 Å². The summed E-state index contributed by atoms with van der Waals surface area (Å²) < 4.78 is 26.8. The van der Waals surface area contributed by atoms with E-state index in [1.165, 1.54) is 4.68 Å². The second-order valence-corrected chi connectivity index (χ2v) is 9.05. The standard InChI is InChI=1S/C18H25N5O3S/c1-3-4-11-22-17(19-20-21-22)12-27(25,26)13-18(24)23-14(2)9-10-15-7-5-6-8-16(15)23/h5-8,14H,3-4,9-13H2,1-2H3. The van der Waals surface area contributed by atoms with Gasteiger partial charge in [-0.25, -0.2) is 13.1 Å². The van der Waals surface area contributed by atoms with Gasteiger partial charge in [-0.3, -0.25) is 4.79 Å². The van der Waals surface area contributed by atoms with Crippen LogP contribution in [0.4, 0.5) is 5.69 Å². The van der Waals surface area contributed by atoms with E-state index in [1.807, 2.05) is 38.1 Å². The number of hydrogen-bond acceptors (Lipinski definition) is 6. The van der Waals surface area contributed by atoms with Crippen molar-refractivity contribution in [2.45, 2.75) is 57.9 Å². The number of rotatable bonds is 7. The number of anilines is 1. The Bertz CT molecular complexity index is 909. The molecule has 1 aromatic heterocycles. The fourth-order valence-corrected chi connectivity index (χ4v) is 4.60. The van der Waals surface area contributed by atoms with Crippen LogP contribution in [0.3, 0.4) is 0 Å². The number of aryl methyl sites for hydroxylation is 2. The van der Waals surface area contributed by atoms with Crippen molar-refractivity contribution in [2.75, 3.05) is 10.7 Å². The predicted molar refractivity (Wildman–Crippen MR) is 102 cm³/mol. The predicted octanol–water partition coefficient (Wildman–Crippen LogP) is 1.76. The minimum atomic E-state index is -3.68. The molecule has 0 radical (unpaired) electrons. The van der Waals surface area contributed by atoms with Gasteiger partial charge in [-0.1, -0.05) is 31.5 Å². The average molecular weight is 391 g/mol. The van der Waals surface area contributed by atoms with E-state index >= 15 is 0 Å². The number of para-hydroxylation sites is 1. The largest absolute Gasteiger partial charge is 0.308 e. The summed E-state index contributed by atoms with van der Waals surface area (Å²) >= 11 is 0. The van der Waals surface area contributed by atoms with E-state index in [4.69, 9.17) is 0 Å². The highest BCUT2D eigenvalue weighted by molar-refractivity contribution is 7.91. The van der Waals surface area contributed by atoms with Crippen LogP contribution in [0, 0.1) is 0 Å². The van der Waals surface area contributed by atoms with Gasteiger partial charge in [0.05, 0.1) is 0 Å². The van der Waals surface area contributed by atoms with Crippen molar-refractivity contribution in [3.63, 3.8) is 0 Å². The molecule has 1 amide bonds. The molecule has 8 nitrogen and oxygen atoms in total. The van der Waals surface area contributed by atoms with Gasteiger partial charge in [0.2, 0.25) is 5.91 Å². The molecule has 0 spiro atoms. The van der Waals surface area contributed by atoms with Crippen molar-refractivity contribution in [2.24, 2.45) is 0 Å². The summed E-state index contributed by atoms with van der Waals surface area (Å²) in [5, 5.41) is 11.2. The van der Waals surface area contributed by atoms with E-state index in [9.17, 15) is 13.2 Å². The summed E-state index contributed by atoms with van der Waals surface area (Å²) in [6.45, 7) is 4.56. The first-order chi connectivity index (χ1) is 12.9. The lowest BCUT2D eigenvalue weighted by Gasteiger charge is -2.35. The van der Waals surface area contributed by atoms with Gasteiger partial charge in [0.25, 0.3) is 0 Å². The second-order valence-electron chi connectivity index (χ2n) is 6.98.